The average molecular weight is 324 g/mol. The number of nitrogens with zero attached hydrogens (tertiary/aromatic N) is 4. The summed E-state index contributed by atoms with van der Waals surface area (Å²) in [6.45, 7) is 5.33. The number of carbonyl (C=O) groups excluding carboxylic acids is 1. The minimum absolute atomic E-state index is 0.157. The normalized spacial score (nSPS) is 11.0. The van der Waals surface area contributed by atoms with Crippen LogP contribution in [0.25, 0.3) is 5.65 Å². The van der Waals surface area contributed by atoms with Gasteiger partial charge in [-0.25, -0.2) is 9.50 Å². The minimum Gasteiger partial charge on any atom is -0.366 e. The fraction of sp³-hybridized carbons (Fsp3) is 0.294. The molecular weight excluding hydrogens is 304 g/mol. The Balaban J connectivity index is 1.77. The molecule has 24 heavy (non-hydrogen) atoms. The zero-order valence-electron chi connectivity index (χ0n) is 13.7. The van der Waals surface area contributed by atoms with Gasteiger partial charge in [0.1, 0.15) is 11.4 Å². The number of pyridine rings is 1. The summed E-state index contributed by atoms with van der Waals surface area (Å²) >= 11 is 0. The van der Waals surface area contributed by atoms with Crippen LogP contribution in [0.3, 0.4) is 0 Å². The molecule has 1 amide bonds. The lowest BCUT2D eigenvalue weighted by molar-refractivity contribution is 0.0950. The van der Waals surface area contributed by atoms with Crippen molar-refractivity contribution in [1.82, 2.24) is 24.9 Å². The van der Waals surface area contributed by atoms with Crippen molar-refractivity contribution in [3.63, 3.8) is 0 Å². The monoisotopic (exact) mass is 324 g/mol. The lowest BCUT2D eigenvalue weighted by Gasteiger charge is -2.08. The van der Waals surface area contributed by atoms with Crippen molar-refractivity contribution in [2.45, 2.75) is 20.4 Å². The van der Waals surface area contributed by atoms with Crippen LogP contribution in [0.5, 0.6) is 0 Å². The van der Waals surface area contributed by atoms with Crippen LogP contribution in [0.2, 0.25) is 0 Å². The molecule has 0 aliphatic carbocycles. The van der Waals surface area contributed by atoms with Gasteiger partial charge in [0.15, 0.2) is 5.65 Å². The topological polar surface area (TPSA) is 84.2 Å². The molecule has 0 aliphatic rings. The molecule has 0 radical (unpaired) electrons. The molecule has 7 heteroatoms. The van der Waals surface area contributed by atoms with E-state index in [-0.39, 0.29) is 5.91 Å². The van der Waals surface area contributed by atoms with Gasteiger partial charge in [-0.1, -0.05) is 19.9 Å². The van der Waals surface area contributed by atoms with Crippen molar-refractivity contribution >= 4 is 17.4 Å². The third-order valence-corrected chi connectivity index (χ3v) is 3.48. The SMILES string of the molecule is CC(C)CNC(=O)c1cnn2ccc(NCc3cccnc3)nc12. The lowest BCUT2D eigenvalue weighted by atomic mass is 10.2. The maximum atomic E-state index is 12.3. The highest BCUT2D eigenvalue weighted by atomic mass is 16.1. The molecule has 0 saturated heterocycles. The fourth-order valence-electron chi connectivity index (χ4n) is 2.21. The van der Waals surface area contributed by atoms with Crippen molar-refractivity contribution < 1.29 is 4.79 Å². The molecule has 7 nitrogen and oxygen atoms in total. The molecule has 0 aromatic carbocycles. The highest BCUT2D eigenvalue weighted by Crippen LogP contribution is 2.12. The Morgan fingerprint density at radius 1 is 1.29 bits per heavy atom. The predicted molar refractivity (Wildman–Crippen MR) is 91.7 cm³/mol. The number of carbonyl (C=O) groups is 1. The van der Waals surface area contributed by atoms with Crippen molar-refractivity contribution in [2.75, 3.05) is 11.9 Å². The molecule has 3 aromatic heterocycles. The van der Waals surface area contributed by atoms with E-state index in [0.717, 1.165) is 5.56 Å². The molecule has 0 atom stereocenters. The van der Waals surface area contributed by atoms with Gasteiger partial charge in [-0.15, -0.1) is 0 Å². The molecule has 3 rings (SSSR count). The quantitative estimate of drug-likeness (QED) is 0.725. The second-order valence-electron chi connectivity index (χ2n) is 5.96. The molecule has 0 spiro atoms. The molecular formula is C17H20N6O. The zero-order valence-corrected chi connectivity index (χ0v) is 13.7. The van der Waals surface area contributed by atoms with E-state index in [2.05, 4.69) is 39.5 Å². The number of hydrogen-bond acceptors (Lipinski definition) is 5. The molecule has 124 valence electrons. The van der Waals surface area contributed by atoms with Gasteiger partial charge in [-0.05, 0) is 23.6 Å². The number of nitrogens with one attached hydrogen (secondary N) is 2. The average Bonchev–Trinajstić information content (AvgIpc) is 3.02. The molecule has 3 heterocycles. The van der Waals surface area contributed by atoms with Gasteiger partial charge < -0.3 is 10.6 Å². The Hall–Kier alpha value is -2.96. The Labute approximate surface area is 140 Å². The van der Waals surface area contributed by atoms with Crippen LogP contribution in [0.1, 0.15) is 29.8 Å². The van der Waals surface area contributed by atoms with E-state index < -0.39 is 0 Å². The van der Waals surface area contributed by atoms with Crippen LogP contribution in [0.15, 0.2) is 43.0 Å². The maximum Gasteiger partial charge on any atom is 0.256 e. The maximum absolute atomic E-state index is 12.3. The molecule has 0 unspecified atom stereocenters. The zero-order chi connectivity index (χ0) is 16.9. The summed E-state index contributed by atoms with van der Waals surface area (Å²) in [5.41, 5.74) is 2.07. The van der Waals surface area contributed by atoms with Crippen molar-refractivity contribution in [1.29, 1.82) is 0 Å². The molecule has 0 bridgehead atoms. The van der Waals surface area contributed by atoms with Gasteiger partial charge in [-0.2, -0.15) is 5.10 Å². The van der Waals surface area contributed by atoms with Gasteiger partial charge in [0, 0.05) is 31.7 Å². The number of aromatic nitrogens is 4. The molecule has 0 saturated carbocycles. The number of anilines is 1. The van der Waals surface area contributed by atoms with Crippen molar-refractivity contribution in [2.24, 2.45) is 5.92 Å². The fourth-order valence-corrected chi connectivity index (χ4v) is 2.21. The summed E-state index contributed by atoms with van der Waals surface area (Å²) in [6.07, 6.45) is 6.87. The van der Waals surface area contributed by atoms with Crippen LogP contribution < -0.4 is 10.6 Å². The second-order valence-corrected chi connectivity index (χ2v) is 5.96. The standard InChI is InChI=1S/C17H20N6O/c1-12(2)8-20-17(24)14-11-21-23-7-5-15(22-16(14)23)19-10-13-4-3-6-18-9-13/h3-7,9,11-12H,8,10H2,1-2H3,(H,19,22)(H,20,24). The largest absolute Gasteiger partial charge is 0.366 e. The third kappa shape index (κ3) is 3.68. The first-order chi connectivity index (χ1) is 11.6. The Morgan fingerprint density at radius 3 is 2.92 bits per heavy atom. The van der Waals surface area contributed by atoms with Crippen molar-refractivity contribution in [3.8, 4) is 0 Å². The number of hydrogen-bond donors (Lipinski definition) is 2. The number of rotatable bonds is 6. The lowest BCUT2D eigenvalue weighted by Crippen LogP contribution is -2.27. The van der Waals surface area contributed by atoms with Crippen LogP contribution in [0.4, 0.5) is 5.82 Å². The van der Waals surface area contributed by atoms with Gasteiger partial charge in [0.05, 0.1) is 6.20 Å². The van der Waals surface area contributed by atoms with E-state index in [1.165, 1.54) is 0 Å². The van der Waals surface area contributed by atoms with E-state index in [1.807, 2.05) is 18.2 Å². The van der Waals surface area contributed by atoms with Crippen LogP contribution >= 0.6 is 0 Å². The summed E-state index contributed by atoms with van der Waals surface area (Å²) < 4.78 is 1.60. The highest BCUT2D eigenvalue weighted by molar-refractivity contribution is 5.99. The van der Waals surface area contributed by atoms with Crippen LogP contribution in [0, 0.1) is 5.92 Å². The van der Waals surface area contributed by atoms with Gasteiger partial charge in [-0.3, -0.25) is 9.78 Å². The first-order valence-electron chi connectivity index (χ1n) is 7.89. The molecule has 2 N–H and O–H groups in total. The van der Waals surface area contributed by atoms with E-state index in [1.54, 1.807) is 29.3 Å². The highest BCUT2D eigenvalue weighted by Gasteiger charge is 2.14. The van der Waals surface area contributed by atoms with E-state index in [0.29, 0.717) is 36.0 Å². The number of amides is 1. The van der Waals surface area contributed by atoms with Crippen molar-refractivity contribution in [3.05, 3.63) is 54.1 Å². The molecule has 0 fully saturated rings. The summed E-state index contributed by atoms with van der Waals surface area (Å²) in [5.74, 6) is 0.917. The predicted octanol–water partition coefficient (Wildman–Crippen LogP) is 2.12. The summed E-state index contributed by atoms with van der Waals surface area (Å²) in [4.78, 5) is 20.9. The first-order valence-corrected chi connectivity index (χ1v) is 7.89. The first kappa shape index (κ1) is 15.9. The Bertz CT molecular complexity index is 827. The Kier molecular flexibility index (Phi) is 4.69. The minimum atomic E-state index is -0.157. The molecule has 3 aromatic rings. The van der Waals surface area contributed by atoms with Crippen LogP contribution in [-0.4, -0.2) is 32.0 Å². The smallest absolute Gasteiger partial charge is 0.256 e. The summed E-state index contributed by atoms with van der Waals surface area (Å²) in [6, 6.07) is 5.70. The van der Waals surface area contributed by atoms with E-state index in [4.69, 9.17) is 0 Å². The van der Waals surface area contributed by atoms with E-state index >= 15 is 0 Å². The van der Waals surface area contributed by atoms with E-state index in [9.17, 15) is 4.79 Å². The second kappa shape index (κ2) is 7.08. The van der Waals surface area contributed by atoms with Gasteiger partial charge in [0.25, 0.3) is 5.91 Å². The van der Waals surface area contributed by atoms with Gasteiger partial charge in [0.2, 0.25) is 0 Å². The molecule has 0 aliphatic heterocycles. The van der Waals surface area contributed by atoms with Crippen LogP contribution in [-0.2, 0) is 6.54 Å². The third-order valence-electron chi connectivity index (χ3n) is 3.48. The van der Waals surface area contributed by atoms with Gasteiger partial charge >= 0.3 is 0 Å². The number of fused-ring (bicyclic) bond motifs is 1. The summed E-state index contributed by atoms with van der Waals surface area (Å²) in [7, 11) is 0. The Morgan fingerprint density at radius 2 is 2.17 bits per heavy atom. The summed E-state index contributed by atoms with van der Waals surface area (Å²) in [5, 5.41) is 10.3.